The Labute approximate surface area is 227 Å². The van der Waals surface area contributed by atoms with Gasteiger partial charge in [0.1, 0.15) is 12.1 Å². The Morgan fingerprint density at radius 2 is 1.64 bits per heavy atom. The van der Waals surface area contributed by atoms with E-state index in [1.165, 1.54) is 4.90 Å². The Hall–Kier alpha value is -2.79. The van der Waals surface area contributed by atoms with Crippen molar-refractivity contribution in [1.29, 1.82) is 0 Å². The minimum atomic E-state index is -3.11. The SMILES string of the molecule is CC(F)(F)CC[C@H](NC(=O)[C@@H]1CC(C23CC(C2)C3)CN1C(=O)[C@@H](NC(=O)O)C(C)(C)C)C(=O)C(=O)NC1CC1. The third-order valence-electron chi connectivity index (χ3n) is 8.86. The van der Waals surface area contributed by atoms with Gasteiger partial charge in [-0.05, 0) is 74.5 Å². The number of alkyl halides is 2. The van der Waals surface area contributed by atoms with Crippen molar-refractivity contribution in [3.05, 3.63) is 0 Å². The first-order valence-corrected chi connectivity index (χ1v) is 13.8. The third-order valence-corrected chi connectivity index (χ3v) is 8.86. The van der Waals surface area contributed by atoms with Gasteiger partial charge < -0.3 is 26.0 Å². The van der Waals surface area contributed by atoms with Crippen LogP contribution in [0.4, 0.5) is 13.6 Å². The van der Waals surface area contributed by atoms with Crippen LogP contribution in [0.1, 0.15) is 79.1 Å². The van der Waals surface area contributed by atoms with Gasteiger partial charge in [0.25, 0.3) is 5.91 Å². The number of Topliss-reactive ketones (excluding diaryl/α,β-unsaturated/α-hetero) is 1. The molecule has 0 aromatic carbocycles. The molecule has 5 aliphatic rings. The summed E-state index contributed by atoms with van der Waals surface area (Å²) in [5, 5.41) is 16.7. The number of ketones is 1. The Morgan fingerprint density at radius 3 is 2.10 bits per heavy atom. The molecular formula is C27H40F2N4O6. The lowest BCUT2D eigenvalue weighted by Crippen LogP contribution is -2.59. The maximum Gasteiger partial charge on any atom is 0.405 e. The molecule has 0 aromatic rings. The predicted molar refractivity (Wildman–Crippen MR) is 136 cm³/mol. The first-order chi connectivity index (χ1) is 18.0. The Morgan fingerprint density at radius 1 is 1.03 bits per heavy atom. The monoisotopic (exact) mass is 554 g/mol. The number of nitrogens with zero attached hydrogens (tertiary/aromatic N) is 1. The zero-order valence-electron chi connectivity index (χ0n) is 23.0. The lowest BCUT2D eigenvalue weighted by atomic mass is 9.40. The number of likely N-dealkylation sites (tertiary alicyclic amines) is 1. The predicted octanol–water partition coefficient (Wildman–Crippen LogP) is 2.45. The van der Waals surface area contributed by atoms with E-state index in [1.54, 1.807) is 20.8 Å². The summed E-state index contributed by atoms with van der Waals surface area (Å²) in [4.78, 5) is 65.6. The van der Waals surface area contributed by atoms with E-state index < -0.39 is 71.9 Å². The van der Waals surface area contributed by atoms with E-state index in [4.69, 9.17) is 0 Å². The van der Waals surface area contributed by atoms with Crippen molar-refractivity contribution in [2.24, 2.45) is 22.7 Å². The van der Waals surface area contributed by atoms with E-state index in [-0.39, 0.29) is 23.9 Å². The highest BCUT2D eigenvalue weighted by molar-refractivity contribution is 6.38. The number of hydrogen-bond acceptors (Lipinski definition) is 5. The van der Waals surface area contributed by atoms with Crippen molar-refractivity contribution < 1.29 is 37.9 Å². The summed E-state index contributed by atoms with van der Waals surface area (Å²) in [6, 6.07) is -3.74. The highest BCUT2D eigenvalue weighted by Gasteiger charge is 2.63. The molecule has 4 amide bonds. The van der Waals surface area contributed by atoms with Gasteiger partial charge in [0.2, 0.25) is 23.5 Å². The van der Waals surface area contributed by atoms with E-state index in [2.05, 4.69) is 16.0 Å². The minimum absolute atomic E-state index is 0.0277. The third kappa shape index (κ3) is 6.51. The summed E-state index contributed by atoms with van der Waals surface area (Å²) in [7, 11) is 0. The molecule has 12 heteroatoms. The van der Waals surface area contributed by atoms with Crippen LogP contribution in [-0.4, -0.2) is 76.2 Å². The van der Waals surface area contributed by atoms with Crippen LogP contribution < -0.4 is 16.0 Å². The van der Waals surface area contributed by atoms with Crippen LogP contribution in [0.3, 0.4) is 0 Å². The highest BCUT2D eigenvalue weighted by atomic mass is 19.3. The molecule has 1 saturated heterocycles. The second kappa shape index (κ2) is 10.3. The number of carbonyl (C=O) groups is 5. The molecule has 5 rings (SSSR count). The van der Waals surface area contributed by atoms with Gasteiger partial charge in [-0.2, -0.15) is 0 Å². The molecule has 4 aliphatic carbocycles. The zero-order valence-corrected chi connectivity index (χ0v) is 23.0. The van der Waals surface area contributed by atoms with Crippen molar-refractivity contribution in [2.45, 2.75) is 109 Å². The molecule has 5 fully saturated rings. The molecule has 0 aromatic heterocycles. The quantitative estimate of drug-likeness (QED) is 0.289. The molecule has 1 aliphatic heterocycles. The van der Waals surface area contributed by atoms with Crippen LogP contribution in [-0.2, 0) is 19.2 Å². The van der Waals surface area contributed by atoms with Gasteiger partial charge >= 0.3 is 6.09 Å². The van der Waals surface area contributed by atoms with Crippen LogP contribution in [0.2, 0.25) is 0 Å². The highest BCUT2D eigenvalue weighted by Crippen LogP contribution is 2.69. The Bertz CT molecular complexity index is 1020. The van der Waals surface area contributed by atoms with Gasteiger partial charge in [0, 0.05) is 19.0 Å². The van der Waals surface area contributed by atoms with Gasteiger partial charge in [0.15, 0.2) is 0 Å². The summed E-state index contributed by atoms with van der Waals surface area (Å²) >= 11 is 0. The van der Waals surface area contributed by atoms with Crippen molar-refractivity contribution in [2.75, 3.05) is 6.54 Å². The Kier molecular flexibility index (Phi) is 7.72. The summed E-state index contributed by atoms with van der Waals surface area (Å²) in [6.45, 7) is 6.12. The minimum Gasteiger partial charge on any atom is -0.465 e. The van der Waals surface area contributed by atoms with Gasteiger partial charge in [-0.25, -0.2) is 13.6 Å². The first kappa shape index (κ1) is 29.2. The zero-order chi connectivity index (χ0) is 28.9. The van der Waals surface area contributed by atoms with Crippen LogP contribution in [0.15, 0.2) is 0 Å². The summed E-state index contributed by atoms with van der Waals surface area (Å²) in [5.41, 5.74) is -0.740. The van der Waals surface area contributed by atoms with E-state index in [9.17, 15) is 37.9 Å². The van der Waals surface area contributed by atoms with Crippen LogP contribution in [0.5, 0.6) is 0 Å². The molecule has 4 saturated carbocycles. The van der Waals surface area contributed by atoms with E-state index >= 15 is 0 Å². The van der Waals surface area contributed by atoms with Crippen LogP contribution in [0.25, 0.3) is 0 Å². The number of halogens is 2. The fourth-order valence-electron chi connectivity index (χ4n) is 6.33. The number of rotatable bonds is 11. The lowest BCUT2D eigenvalue weighted by Gasteiger charge is -2.65. The standard InChI is InChI=1S/C27H40F2N4O6/c1-25(2,3)20(32-24(38)39)23(37)33-13-15(27-10-14(11-27)12-27)9-18(33)21(35)31-17(7-8-26(4,28)29)19(34)22(36)30-16-5-6-16/h14-18,20,32H,5-13H2,1-4H3,(H,30,36)(H,31,35)(H,38,39)/t14?,15?,17-,18-,20+,27?/m0/s1. The molecule has 0 radical (unpaired) electrons. The lowest BCUT2D eigenvalue weighted by molar-refractivity contribution is -0.151. The van der Waals surface area contributed by atoms with Crippen LogP contribution in [0, 0.1) is 22.7 Å². The molecule has 1 unspecified atom stereocenters. The summed E-state index contributed by atoms with van der Waals surface area (Å²) in [6.07, 6.45) is 2.34. The van der Waals surface area contributed by atoms with E-state index in [0.717, 1.165) is 32.1 Å². The molecular weight excluding hydrogens is 514 g/mol. The molecule has 10 nitrogen and oxygen atoms in total. The van der Waals surface area contributed by atoms with Crippen molar-refractivity contribution in [3.63, 3.8) is 0 Å². The van der Waals surface area contributed by atoms with Crippen LogP contribution >= 0.6 is 0 Å². The normalized spacial score (nSPS) is 29.4. The van der Waals surface area contributed by atoms with Gasteiger partial charge in [-0.1, -0.05) is 20.8 Å². The fraction of sp³-hybridized carbons (Fsp3) is 0.815. The average molecular weight is 555 g/mol. The van der Waals surface area contributed by atoms with Gasteiger partial charge in [-0.15, -0.1) is 0 Å². The second-order valence-corrected chi connectivity index (χ2v) is 13.3. The van der Waals surface area contributed by atoms with Gasteiger partial charge in [0.05, 0.1) is 6.04 Å². The van der Waals surface area contributed by atoms with Gasteiger partial charge in [-0.3, -0.25) is 19.2 Å². The number of nitrogens with one attached hydrogen (secondary N) is 3. The first-order valence-electron chi connectivity index (χ1n) is 13.8. The Balaban J connectivity index is 1.55. The number of amides is 4. The summed E-state index contributed by atoms with van der Waals surface area (Å²) in [5.74, 6) is -5.58. The molecule has 2 bridgehead atoms. The van der Waals surface area contributed by atoms with E-state index in [0.29, 0.717) is 19.3 Å². The number of hydrogen-bond donors (Lipinski definition) is 4. The molecule has 218 valence electrons. The topological polar surface area (TPSA) is 145 Å². The maximum absolute atomic E-state index is 13.7. The largest absolute Gasteiger partial charge is 0.465 e. The molecule has 39 heavy (non-hydrogen) atoms. The smallest absolute Gasteiger partial charge is 0.405 e. The van der Waals surface area contributed by atoms with Crippen molar-refractivity contribution >= 4 is 29.6 Å². The fourth-order valence-corrected chi connectivity index (χ4v) is 6.33. The van der Waals surface area contributed by atoms with Crippen molar-refractivity contribution in [1.82, 2.24) is 20.9 Å². The molecule has 0 spiro atoms. The second-order valence-electron chi connectivity index (χ2n) is 13.3. The maximum atomic E-state index is 13.7. The molecule has 4 N–H and O–H groups in total. The van der Waals surface area contributed by atoms with E-state index in [1.807, 2.05) is 0 Å². The molecule has 4 atom stereocenters. The molecule has 1 heterocycles. The average Bonchev–Trinajstić information content (AvgIpc) is 3.45. The van der Waals surface area contributed by atoms with Crippen molar-refractivity contribution in [3.8, 4) is 0 Å². The number of carboxylic acid groups (broad SMARTS) is 1. The number of carbonyl (C=O) groups excluding carboxylic acids is 4. The summed E-state index contributed by atoms with van der Waals surface area (Å²) < 4.78 is 27.4.